The highest BCUT2D eigenvalue weighted by Gasteiger charge is 2.36. The van der Waals surface area contributed by atoms with E-state index in [-0.39, 0.29) is 5.60 Å². The van der Waals surface area contributed by atoms with Gasteiger partial charge in [-0.3, -0.25) is 0 Å². The second kappa shape index (κ2) is 4.98. The van der Waals surface area contributed by atoms with Crippen molar-refractivity contribution in [1.29, 1.82) is 0 Å². The molecule has 0 radical (unpaired) electrons. The number of rotatable bonds is 5. The molecule has 1 fully saturated rings. The fourth-order valence-corrected chi connectivity index (χ4v) is 2.28. The van der Waals surface area contributed by atoms with E-state index in [0.29, 0.717) is 0 Å². The van der Waals surface area contributed by atoms with Gasteiger partial charge in [-0.15, -0.1) is 0 Å². The number of methoxy groups -OCH3 is 1. The van der Waals surface area contributed by atoms with Crippen LogP contribution in [0.15, 0.2) is 24.3 Å². The third-order valence-corrected chi connectivity index (χ3v) is 3.56. The fraction of sp³-hybridized carbons (Fsp3) is 0.571. The van der Waals surface area contributed by atoms with E-state index in [2.05, 4.69) is 36.5 Å². The van der Waals surface area contributed by atoms with Crippen molar-refractivity contribution >= 4 is 0 Å². The van der Waals surface area contributed by atoms with E-state index in [1.165, 1.54) is 30.4 Å². The van der Waals surface area contributed by atoms with Crippen LogP contribution in [0.3, 0.4) is 0 Å². The van der Waals surface area contributed by atoms with Crippen LogP contribution in [0.25, 0.3) is 0 Å². The molecular weight excluding hydrogens is 198 g/mol. The molecular formula is C14H21NO. The predicted molar refractivity (Wildman–Crippen MR) is 66.5 cm³/mol. The fourth-order valence-electron chi connectivity index (χ4n) is 2.28. The van der Waals surface area contributed by atoms with Crippen molar-refractivity contribution in [1.82, 2.24) is 5.32 Å². The molecule has 2 rings (SSSR count). The standard InChI is InChI=1S/C14H21NO/c1-12-5-3-6-13(9-12)10-15-11-14(16-2)7-4-8-14/h3,5-6,9,15H,4,7-8,10-11H2,1-2H3. The molecule has 0 unspecified atom stereocenters. The van der Waals surface area contributed by atoms with Gasteiger partial charge in [0.05, 0.1) is 5.60 Å². The van der Waals surface area contributed by atoms with E-state index in [0.717, 1.165) is 13.1 Å². The second-order valence-corrected chi connectivity index (χ2v) is 4.83. The lowest BCUT2D eigenvalue weighted by Crippen LogP contribution is -2.47. The molecule has 2 nitrogen and oxygen atoms in total. The summed E-state index contributed by atoms with van der Waals surface area (Å²) in [5, 5.41) is 3.50. The zero-order valence-corrected chi connectivity index (χ0v) is 10.3. The van der Waals surface area contributed by atoms with Gasteiger partial charge < -0.3 is 10.1 Å². The third kappa shape index (κ3) is 2.63. The lowest BCUT2D eigenvalue weighted by Gasteiger charge is -2.40. The highest BCUT2D eigenvalue weighted by molar-refractivity contribution is 5.22. The zero-order valence-electron chi connectivity index (χ0n) is 10.3. The van der Waals surface area contributed by atoms with Gasteiger partial charge in [0.1, 0.15) is 0 Å². The molecule has 1 N–H and O–H groups in total. The first-order chi connectivity index (χ1) is 7.74. The van der Waals surface area contributed by atoms with Crippen molar-refractivity contribution in [2.45, 2.75) is 38.3 Å². The summed E-state index contributed by atoms with van der Waals surface area (Å²) in [7, 11) is 1.83. The Kier molecular flexibility index (Phi) is 3.62. The van der Waals surface area contributed by atoms with Gasteiger partial charge in [0, 0.05) is 20.2 Å². The van der Waals surface area contributed by atoms with E-state index in [4.69, 9.17) is 4.74 Å². The summed E-state index contributed by atoms with van der Waals surface area (Å²) in [4.78, 5) is 0. The van der Waals surface area contributed by atoms with Crippen LogP contribution in [0.4, 0.5) is 0 Å². The molecule has 2 heteroatoms. The number of benzene rings is 1. The van der Waals surface area contributed by atoms with E-state index in [9.17, 15) is 0 Å². The van der Waals surface area contributed by atoms with Crippen molar-refractivity contribution < 1.29 is 4.74 Å². The molecule has 0 bridgehead atoms. The highest BCUT2D eigenvalue weighted by Crippen LogP contribution is 2.34. The molecule has 0 spiro atoms. The molecule has 16 heavy (non-hydrogen) atoms. The Bertz CT molecular complexity index is 339. The first kappa shape index (κ1) is 11.6. The van der Waals surface area contributed by atoms with Crippen LogP contribution in [0.1, 0.15) is 30.4 Å². The van der Waals surface area contributed by atoms with Gasteiger partial charge in [0.2, 0.25) is 0 Å². The third-order valence-electron chi connectivity index (χ3n) is 3.56. The van der Waals surface area contributed by atoms with Crippen molar-refractivity contribution in [2.24, 2.45) is 0 Å². The van der Waals surface area contributed by atoms with Crippen molar-refractivity contribution in [2.75, 3.05) is 13.7 Å². The quantitative estimate of drug-likeness (QED) is 0.822. The van der Waals surface area contributed by atoms with E-state index in [1.807, 2.05) is 7.11 Å². The largest absolute Gasteiger partial charge is 0.377 e. The van der Waals surface area contributed by atoms with Crippen molar-refractivity contribution in [3.63, 3.8) is 0 Å². The van der Waals surface area contributed by atoms with Crippen molar-refractivity contribution in [3.05, 3.63) is 35.4 Å². The average molecular weight is 219 g/mol. The molecule has 0 aliphatic heterocycles. The number of aryl methyl sites for hydroxylation is 1. The highest BCUT2D eigenvalue weighted by atomic mass is 16.5. The summed E-state index contributed by atoms with van der Waals surface area (Å²) in [6, 6.07) is 8.64. The molecule has 0 atom stereocenters. The minimum Gasteiger partial charge on any atom is -0.377 e. The Morgan fingerprint density at radius 2 is 2.19 bits per heavy atom. The molecule has 88 valence electrons. The Labute approximate surface area is 98.0 Å². The van der Waals surface area contributed by atoms with Gasteiger partial charge in [-0.25, -0.2) is 0 Å². The molecule has 1 aromatic carbocycles. The van der Waals surface area contributed by atoms with Crippen LogP contribution in [-0.2, 0) is 11.3 Å². The molecule has 1 aliphatic carbocycles. The SMILES string of the molecule is COC1(CNCc2cccc(C)c2)CCC1. The lowest BCUT2D eigenvalue weighted by atomic mass is 9.80. The summed E-state index contributed by atoms with van der Waals surface area (Å²) >= 11 is 0. The monoisotopic (exact) mass is 219 g/mol. The molecule has 0 aromatic heterocycles. The normalized spacial score (nSPS) is 18.1. The van der Waals surface area contributed by atoms with Crippen molar-refractivity contribution in [3.8, 4) is 0 Å². The summed E-state index contributed by atoms with van der Waals surface area (Å²) in [6.45, 7) is 4.04. The summed E-state index contributed by atoms with van der Waals surface area (Å²) < 4.78 is 5.57. The van der Waals surface area contributed by atoms with Crippen LogP contribution in [0, 0.1) is 6.92 Å². The number of nitrogens with one attached hydrogen (secondary N) is 1. The van der Waals surface area contributed by atoms with E-state index >= 15 is 0 Å². The first-order valence-electron chi connectivity index (χ1n) is 6.06. The zero-order chi connectivity index (χ0) is 11.4. The maximum atomic E-state index is 5.57. The molecule has 1 saturated carbocycles. The van der Waals surface area contributed by atoms with Gasteiger partial charge in [-0.2, -0.15) is 0 Å². The summed E-state index contributed by atoms with van der Waals surface area (Å²) in [5.74, 6) is 0. The number of hydrogen-bond donors (Lipinski definition) is 1. The first-order valence-corrected chi connectivity index (χ1v) is 6.06. The van der Waals surface area contributed by atoms with E-state index in [1.54, 1.807) is 0 Å². The van der Waals surface area contributed by atoms with Gasteiger partial charge in [0.25, 0.3) is 0 Å². The van der Waals surface area contributed by atoms with Crippen LogP contribution in [0.2, 0.25) is 0 Å². The maximum absolute atomic E-state index is 5.57. The van der Waals surface area contributed by atoms with Crippen LogP contribution < -0.4 is 5.32 Å². The maximum Gasteiger partial charge on any atom is 0.0802 e. The Morgan fingerprint density at radius 3 is 2.75 bits per heavy atom. The van der Waals surface area contributed by atoms with Gasteiger partial charge in [-0.1, -0.05) is 29.8 Å². The molecule has 1 aromatic rings. The Hall–Kier alpha value is -0.860. The predicted octanol–water partition coefficient (Wildman–Crippen LogP) is 2.65. The Morgan fingerprint density at radius 1 is 1.38 bits per heavy atom. The van der Waals surface area contributed by atoms with E-state index < -0.39 is 0 Å². The molecule has 0 heterocycles. The molecule has 1 aliphatic rings. The smallest absolute Gasteiger partial charge is 0.0802 e. The van der Waals surface area contributed by atoms with Gasteiger partial charge >= 0.3 is 0 Å². The number of ether oxygens (including phenoxy) is 1. The minimum atomic E-state index is 0.129. The molecule has 0 saturated heterocycles. The van der Waals surface area contributed by atoms with Crippen LogP contribution in [0.5, 0.6) is 0 Å². The summed E-state index contributed by atoms with van der Waals surface area (Å²) in [6.07, 6.45) is 3.70. The average Bonchev–Trinajstić information content (AvgIpc) is 2.22. The van der Waals surface area contributed by atoms with Crippen LogP contribution in [-0.4, -0.2) is 19.3 Å². The minimum absolute atomic E-state index is 0.129. The van der Waals surface area contributed by atoms with Gasteiger partial charge in [0.15, 0.2) is 0 Å². The summed E-state index contributed by atoms with van der Waals surface area (Å²) in [5.41, 5.74) is 2.80. The lowest BCUT2D eigenvalue weighted by molar-refractivity contribution is -0.0695. The Balaban J connectivity index is 1.79. The van der Waals surface area contributed by atoms with Gasteiger partial charge in [-0.05, 0) is 31.7 Å². The second-order valence-electron chi connectivity index (χ2n) is 4.83. The topological polar surface area (TPSA) is 21.3 Å². The molecule has 0 amide bonds. The number of hydrogen-bond acceptors (Lipinski definition) is 2. The van der Waals surface area contributed by atoms with Crippen LogP contribution >= 0.6 is 0 Å².